The Labute approximate surface area is 160 Å². The number of alkyl halides is 3. The van der Waals surface area contributed by atoms with Gasteiger partial charge in [-0.3, -0.25) is 4.79 Å². The van der Waals surface area contributed by atoms with E-state index >= 15 is 0 Å². The third-order valence-electron chi connectivity index (χ3n) is 3.37. The molecule has 0 spiro atoms. The second-order valence-corrected chi connectivity index (χ2v) is 6.70. The van der Waals surface area contributed by atoms with Crippen LogP contribution in [0.1, 0.15) is 5.82 Å². The number of fused-ring (bicyclic) bond motifs is 1. The topological polar surface area (TPSA) is 54.9 Å². The van der Waals surface area contributed by atoms with Gasteiger partial charge in [0.15, 0.2) is 0 Å². The lowest BCUT2D eigenvalue weighted by atomic mass is 10.2. The first-order valence-corrected chi connectivity index (χ1v) is 8.82. The van der Waals surface area contributed by atoms with E-state index in [2.05, 4.69) is 15.3 Å². The lowest BCUT2D eigenvalue weighted by Crippen LogP contribution is -2.15. The van der Waals surface area contributed by atoms with E-state index in [-0.39, 0.29) is 27.0 Å². The van der Waals surface area contributed by atoms with Gasteiger partial charge in [-0.05, 0) is 24.3 Å². The molecule has 140 valence electrons. The maximum Gasteiger partial charge on any atom is 0.451 e. The first-order chi connectivity index (χ1) is 12.7. The monoisotopic (exact) mass is 415 g/mol. The highest BCUT2D eigenvalue weighted by atomic mass is 35.5. The Morgan fingerprint density at radius 2 is 1.89 bits per heavy atom. The number of halogens is 5. The summed E-state index contributed by atoms with van der Waals surface area (Å²) in [5.41, 5.74) is 0.330. The van der Waals surface area contributed by atoms with Gasteiger partial charge in [-0.15, -0.1) is 0 Å². The number of benzene rings is 2. The number of rotatable bonds is 4. The molecule has 2 aromatic carbocycles. The average molecular weight is 416 g/mol. The molecular formula is C17H10ClF4N3OS. The molecule has 0 unspecified atom stereocenters. The van der Waals surface area contributed by atoms with Crippen LogP contribution >= 0.6 is 23.4 Å². The molecule has 1 N–H and O–H groups in total. The Morgan fingerprint density at radius 1 is 1.15 bits per heavy atom. The van der Waals surface area contributed by atoms with Crippen molar-refractivity contribution in [3.63, 3.8) is 0 Å². The van der Waals surface area contributed by atoms with E-state index in [9.17, 15) is 22.4 Å². The number of nitrogens with zero attached hydrogens (tertiary/aromatic N) is 2. The minimum atomic E-state index is -4.71. The molecule has 0 radical (unpaired) electrons. The summed E-state index contributed by atoms with van der Waals surface area (Å²) in [7, 11) is 0. The van der Waals surface area contributed by atoms with Crippen LogP contribution in [0.3, 0.4) is 0 Å². The normalized spacial score (nSPS) is 11.6. The van der Waals surface area contributed by atoms with Gasteiger partial charge >= 0.3 is 6.18 Å². The predicted molar refractivity (Wildman–Crippen MR) is 95.3 cm³/mol. The molecule has 3 rings (SSSR count). The number of carbonyl (C=O) groups excluding carboxylic acids is 1. The third-order valence-corrected chi connectivity index (χ3v) is 4.67. The number of amides is 1. The van der Waals surface area contributed by atoms with Crippen LogP contribution < -0.4 is 5.32 Å². The van der Waals surface area contributed by atoms with E-state index in [0.717, 1.165) is 23.9 Å². The van der Waals surface area contributed by atoms with Gasteiger partial charge in [-0.2, -0.15) is 13.2 Å². The zero-order valence-electron chi connectivity index (χ0n) is 13.3. The van der Waals surface area contributed by atoms with Crippen molar-refractivity contribution in [2.75, 3.05) is 11.1 Å². The first-order valence-electron chi connectivity index (χ1n) is 7.46. The molecule has 3 aromatic rings. The molecule has 0 atom stereocenters. The maximum absolute atomic E-state index is 13.0. The van der Waals surface area contributed by atoms with Gasteiger partial charge < -0.3 is 5.32 Å². The second kappa shape index (κ2) is 7.69. The number of aromatic nitrogens is 2. The third kappa shape index (κ3) is 4.67. The van der Waals surface area contributed by atoms with Crippen LogP contribution in [0, 0.1) is 5.82 Å². The number of hydrogen-bond donors (Lipinski definition) is 1. The van der Waals surface area contributed by atoms with Crippen molar-refractivity contribution in [1.82, 2.24) is 9.97 Å². The summed E-state index contributed by atoms with van der Waals surface area (Å²) in [5, 5.41) is 2.93. The van der Waals surface area contributed by atoms with Crippen molar-refractivity contribution in [1.29, 1.82) is 0 Å². The predicted octanol–water partition coefficient (Wildman–Crippen LogP) is 5.17. The number of nitrogens with one attached hydrogen (secondary N) is 1. The average Bonchev–Trinajstić information content (AvgIpc) is 2.61. The van der Waals surface area contributed by atoms with Crippen LogP contribution in [0.2, 0.25) is 5.02 Å². The fraction of sp³-hybridized carbons (Fsp3) is 0.118. The van der Waals surface area contributed by atoms with E-state index in [1.807, 2.05) is 0 Å². The second-order valence-electron chi connectivity index (χ2n) is 5.33. The van der Waals surface area contributed by atoms with Gasteiger partial charge in [0.1, 0.15) is 10.8 Å². The Kier molecular flexibility index (Phi) is 5.52. The fourth-order valence-electron chi connectivity index (χ4n) is 2.20. The lowest BCUT2D eigenvalue weighted by molar-refractivity contribution is -0.145. The van der Waals surface area contributed by atoms with Crippen LogP contribution in [0.5, 0.6) is 0 Å². The van der Waals surface area contributed by atoms with Gasteiger partial charge in [0, 0.05) is 5.39 Å². The van der Waals surface area contributed by atoms with Gasteiger partial charge in [-0.1, -0.05) is 41.6 Å². The minimum absolute atomic E-state index is 0.0141. The zero-order valence-corrected chi connectivity index (χ0v) is 14.9. The van der Waals surface area contributed by atoms with Crippen LogP contribution in [0.15, 0.2) is 47.5 Å². The van der Waals surface area contributed by atoms with E-state index in [1.54, 1.807) is 18.2 Å². The number of para-hydroxylation sites is 1. The van der Waals surface area contributed by atoms with Crippen molar-refractivity contribution < 1.29 is 22.4 Å². The summed E-state index contributed by atoms with van der Waals surface area (Å²) in [6, 6.07) is 9.68. The summed E-state index contributed by atoms with van der Waals surface area (Å²) in [5.74, 6) is -2.57. The molecule has 1 aromatic heterocycles. The lowest BCUT2D eigenvalue weighted by Gasteiger charge is -2.11. The molecule has 10 heteroatoms. The van der Waals surface area contributed by atoms with Gasteiger partial charge in [0.2, 0.25) is 11.7 Å². The number of hydrogen-bond acceptors (Lipinski definition) is 4. The van der Waals surface area contributed by atoms with Crippen molar-refractivity contribution in [3.8, 4) is 0 Å². The Bertz CT molecular complexity index is 1010. The number of anilines is 1. The number of thioether (sulfide) groups is 1. The van der Waals surface area contributed by atoms with Crippen molar-refractivity contribution in [2.45, 2.75) is 11.2 Å². The summed E-state index contributed by atoms with van der Waals surface area (Å²) in [6.45, 7) is 0. The largest absolute Gasteiger partial charge is 0.451 e. The minimum Gasteiger partial charge on any atom is -0.324 e. The Hall–Kier alpha value is -2.39. The molecule has 4 nitrogen and oxygen atoms in total. The molecular weight excluding hydrogens is 406 g/mol. The Balaban J connectivity index is 1.80. The van der Waals surface area contributed by atoms with Crippen LogP contribution in [-0.4, -0.2) is 21.6 Å². The number of carbonyl (C=O) groups is 1. The van der Waals surface area contributed by atoms with E-state index < -0.39 is 23.7 Å². The van der Waals surface area contributed by atoms with E-state index in [4.69, 9.17) is 11.6 Å². The van der Waals surface area contributed by atoms with Crippen LogP contribution in [0.25, 0.3) is 10.9 Å². The molecule has 0 fully saturated rings. The van der Waals surface area contributed by atoms with Crippen molar-refractivity contribution in [2.24, 2.45) is 0 Å². The molecule has 0 aliphatic heterocycles. The molecule has 0 saturated carbocycles. The SMILES string of the molecule is O=C(CSc1nc(C(F)(F)F)nc2ccccc12)Nc1ccc(F)cc1Cl. The van der Waals surface area contributed by atoms with Crippen molar-refractivity contribution in [3.05, 3.63) is 59.1 Å². The van der Waals surface area contributed by atoms with Crippen LogP contribution in [-0.2, 0) is 11.0 Å². The summed E-state index contributed by atoms with van der Waals surface area (Å²) >= 11 is 6.67. The molecule has 0 saturated heterocycles. The summed E-state index contributed by atoms with van der Waals surface area (Å²) < 4.78 is 52.0. The summed E-state index contributed by atoms with van der Waals surface area (Å²) in [6.07, 6.45) is -4.71. The first kappa shape index (κ1) is 19.4. The van der Waals surface area contributed by atoms with Crippen molar-refractivity contribution >= 4 is 45.9 Å². The highest BCUT2D eigenvalue weighted by Gasteiger charge is 2.35. The molecule has 1 amide bonds. The highest BCUT2D eigenvalue weighted by molar-refractivity contribution is 8.00. The fourth-order valence-corrected chi connectivity index (χ4v) is 3.23. The van der Waals surface area contributed by atoms with Gasteiger partial charge in [0.05, 0.1) is 22.0 Å². The van der Waals surface area contributed by atoms with Gasteiger partial charge in [-0.25, -0.2) is 14.4 Å². The molecule has 0 bridgehead atoms. The Morgan fingerprint density at radius 3 is 2.59 bits per heavy atom. The highest BCUT2D eigenvalue weighted by Crippen LogP contribution is 2.32. The maximum atomic E-state index is 13.0. The zero-order chi connectivity index (χ0) is 19.6. The molecule has 1 heterocycles. The quantitative estimate of drug-likeness (QED) is 0.363. The molecule has 0 aliphatic carbocycles. The smallest absolute Gasteiger partial charge is 0.324 e. The molecule has 0 aliphatic rings. The van der Waals surface area contributed by atoms with Gasteiger partial charge in [0.25, 0.3) is 0 Å². The van der Waals surface area contributed by atoms with Crippen LogP contribution in [0.4, 0.5) is 23.2 Å². The standard InChI is InChI=1S/C17H10ClF4N3OS/c18-11-7-9(19)5-6-13(11)23-14(26)8-27-15-10-3-1-2-4-12(10)24-16(25-15)17(20,21)22/h1-7H,8H2,(H,23,26). The molecule has 27 heavy (non-hydrogen) atoms. The van der Waals surface area contributed by atoms with E-state index in [1.165, 1.54) is 12.1 Å². The summed E-state index contributed by atoms with van der Waals surface area (Å²) in [4.78, 5) is 19.2. The van der Waals surface area contributed by atoms with E-state index in [0.29, 0.717) is 5.39 Å².